The van der Waals surface area contributed by atoms with Gasteiger partial charge in [-0.15, -0.1) is 0 Å². The number of nitrogens with one attached hydrogen (secondary N) is 1. The normalized spacial score (nSPS) is 11.6. The van der Waals surface area contributed by atoms with E-state index in [0.29, 0.717) is 0 Å². The molecule has 20 heavy (non-hydrogen) atoms. The monoisotopic (exact) mass is 268 g/mol. The summed E-state index contributed by atoms with van der Waals surface area (Å²) in [6.45, 7) is 2.18. The van der Waals surface area contributed by atoms with E-state index in [1.54, 1.807) is 0 Å². The Kier molecular flexibility index (Phi) is 3.56. The van der Waals surface area contributed by atoms with Crippen molar-refractivity contribution < 1.29 is 0 Å². The van der Waals surface area contributed by atoms with Crippen LogP contribution >= 0.6 is 0 Å². The number of aromatic amines is 1. The van der Waals surface area contributed by atoms with Gasteiger partial charge in [-0.2, -0.15) is 5.10 Å². The molecule has 104 valence electrons. The summed E-state index contributed by atoms with van der Waals surface area (Å²) >= 11 is 0. The van der Waals surface area contributed by atoms with Gasteiger partial charge in [-0.25, -0.2) is 0 Å². The zero-order chi connectivity index (χ0) is 13.9. The van der Waals surface area contributed by atoms with Crippen LogP contribution in [0.2, 0.25) is 0 Å². The lowest BCUT2D eigenvalue weighted by Gasteiger charge is -2.10. The molecule has 0 saturated carbocycles. The summed E-state index contributed by atoms with van der Waals surface area (Å²) in [5, 5.41) is 8.15. The lowest BCUT2D eigenvalue weighted by Crippen LogP contribution is -2.14. The molecule has 0 spiro atoms. The Bertz CT molecular complexity index is 680. The first-order valence-corrected chi connectivity index (χ1v) is 6.97. The van der Waals surface area contributed by atoms with Crippen LogP contribution in [-0.2, 0) is 6.54 Å². The molecule has 2 aromatic heterocycles. The molecule has 0 amide bonds. The van der Waals surface area contributed by atoms with Gasteiger partial charge in [0, 0.05) is 35.4 Å². The quantitative estimate of drug-likeness (QED) is 0.772. The molecule has 0 bridgehead atoms. The van der Waals surface area contributed by atoms with Crippen molar-refractivity contribution in [2.45, 2.75) is 13.0 Å². The molecule has 2 heterocycles. The minimum Gasteiger partial charge on any atom is -0.347 e. The Morgan fingerprint density at radius 1 is 1.20 bits per heavy atom. The van der Waals surface area contributed by atoms with Gasteiger partial charge in [0.05, 0.1) is 6.20 Å². The summed E-state index contributed by atoms with van der Waals surface area (Å²) in [7, 11) is 4.23. The lowest BCUT2D eigenvalue weighted by atomic mass is 10.1. The zero-order valence-electron chi connectivity index (χ0n) is 12.0. The maximum absolute atomic E-state index is 4.01. The standard InChI is InChI=1S/C16H20N4/c1-19(2)7-3-8-20-9-6-14-10-13(4-5-16(14)20)15-11-17-18-12-15/h4-6,9-12H,3,7-8H2,1-2H3,(H,17,18). The van der Waals surface area contributed by atoms with Crippen molar-refractivity contribution in [2.75, 3.05) is 20.6 Å². The molecule has 1 N–H and O–H groups in total. The van der Waals surface area contributed by atoms with Crippen LogP contribution in [0.4, 0.5) is 0 Å². The van der Waals surface area contributed by atoms with E-state index in [-0.39, 0.29) is 0 Å². The first kappa shape index (κ1) is 12.9. The van der Waals surface area contributed by atoms with Gasteiger partial charge in [-0.3, -0.25) is 5.10 Å². The van der Waals surface area contributed by atoms with E-state index in [4.69, 9.17) is 0 Å². The molecule has 0 aliphatic carbocycles. The molecule has 0 saturated heterocycles. The third-order valence-corrected chi connectivity index (χ3v) is 3.61. The molecule has 0 unspecified atom stereocenters. The second-order valence-electron chi connectivity index (χ2n) is 5.43. The summed E-state index contributed by atoms with van der Waals surface area (Å²) in [6, 6.07) is 8.78. The minimum atomic E-state index is 1.06. The fraction of sp³-hybridized carbons (Fsp3) is 0.312. The predicted octanol–water partition coefficient (Wildman–Crippen LogP) is 2.98. The van der Waals surface area contributed by atoms with E-state index in [2.05, 4.69) is 64.2 Å². The highest BCUT2D eigenvalue weighted by molar-refractivity contribution is 5.85. The topological polar surface area (TPSA) is 36.9 Å². The summed E-state index contributed by atoms with van der Waals surface area (Å²) in [6.07, 6.45) is 7.13. The van der Waals surface area contributed by atoms with Crippen molar-refractivity contribution in [1.29, 1.82) is 0 Å². The Labute approximate surface area is 119 Å². The molecular weight excluding hydrogens is 248 g/mol. The molecule has 0 fully saturated rings. The van der Waals surface area contributed by atoms with Crippen LogP contribution < -0.4 is 0 Å². The fourth-order valence-corrected chi connectivity index (χ4v) is 2.54. The van der Waals surface area contributed by atoms with Gasteiger partial charge in [0.15, 0.2) is 0 Å². The number of rotatable bonds is 5. The molecule has 3 aromatic rings. The second kappa shape index (κ2) is 5.51. The molecule has 0 atom stereocenters. The molecule has 3 rings (SSSR count). The van der Waals surface area contributed by atoms with Crippen LogP contribution in [0.3, 0.4) is 0 Å². The number of nitrogens with zero attached hydrogens (tertiary/aromatic N) is 3. The molecular formula is C16H20N4. The maximum atomic E-state index is 4.01. The van der Waals surface area contributed by atoms with E-state index < -0.39 is 0 Å². The van der Waals surface area contributed by atoms with E-state index in [0.717, 1.165) is 18.7 Å². The molecule has 0 aliphatic rings. The fourth-order valence-electron chi connectivity index (χ4n) is 2.54. The third-order valence-electron chi connectivity index (χ3n) is 3.61. The van der Waals surface area contributed by atoms with Gasteiger partial charge in [0.2, 0.25) is 0 Å². The van der Waals surface area contributed by atoms with Crippen LogP contribution in [0.15, 0.2) is 42.9 Å². The molecule has 1 aromatic carbocycles. The highest BCUT2D eigenvalue weighted by atomic mass is 15.1. The van der Waals surface area contributed by atoms with Crippen molar-refractivity contribution in [3.05, 3.63) is 42.9 Å². The summed E-state index contributed by atoms with van der Waals surface area (Å²) in [4.78, 5) is 2.22. The van der Waals surface area contributed by atoms with E-state index in [1.807, 2.05) is 12.4 Å². The summed E-state index contributed by atoms with van der Waals surface area (Å²) in [5.74, 6) is 0. The average molecular weight is 268 g/mol. The molecule has 0 aliphatic heterocycles. The number of benzene rings is 1. The molecule has 4 heteroatoms. The highest BCUT2D eigenvalue weighted by Crippen LogP contribution is 2.24. The lowest BCUT2D eigenvalue weighted by molar-refractivity contribution is 0.388. The van der Waals surface area contributed by atoms with E-state index in [9.17, 15) is 0 Å². The highest BCUT2D eigenvalue weighted by Gasteiger charge is 2.04. The summed E-state index contributed by atoms with van der Waals surface area (Å²) < 4.78 is 2.33. The zero-order valence-corrected chi connectivity index (χ0v) is 12.0. The number of hydrogen-bond donors (Lipinski definition) is 1. The van der Waals surface area contributed by atoms with Crippen molar-refractivity contribution in [3.8, 4) is 11.1 Å². The Morgan fingerprint density at radius 2 is 2.10 bits per heavy atom. The van der Waals surface area contributed by atoms with Crippen molar-refractivity contribution in [1.82, 2.24) is 19.7 Å². The van der Waals surface area contributed by atoms with Gasteiger partial charge >= 0.3 is 0 Å². The van der Waals surface area contributed by atoms with Gasteiger partial charge < -0.3 is 9.47 Å². The minimum absolute atomic E-state index is 1.06. The van der Waals surface area contributed by atoms with Crippen LogP contribution in [0.5, 0.6) is 0 Å². The molecule has 4 nitrogen and oxygen atoms in total. The number of H-pyrrole nitrogens is 1. The Morgan fingerprint density at radius 3 is 2.85 bits per heavy atom. The number of hydrogen-bond acceptors (Lipinski definition) is 2. The van der Waals surface area contributed by atoms with Gasteiger partial charge in [0.25, 0.3) is 0 Å². The number of aromatic nitrogens is 3. The van der Waals surface area contributed by atoms with Crippen molar-refractivity contribution >= 4 is 10.9 Å². The first-order chi connectivity index (χ1) is 9.74. The Hall–Kier alpha value is -2.07. The number of fused-ring (bicyclic) bond motifs is 1. The summed E-state index contributed by atoms with van der Waals surface area (Å²) in [5.41, 5.74) is 3.64. The first-order valence-electron chi connectivity index (χ1n) is 6.97. The van der Waals surface area contributed by atoms with Crippen LogP contribution in [0.1, 0.15) is 6.42 Å². The van der Waals surface area contributed by atoms with Gasteiger partial charge in [0.1, 0.15) is 0 Å². The van der Waals surface area contributed by atoms with Gasteiger partial charge in [-0.1, -0.05) is 6.07 Å². The van der Waals surface area contributed by atoms with Crippen molar-refractivity contribution in [3.63, 3.8) is 0 Å². The van der Waals surface area contributed by atoms with E-state index in [1.165, 1.54) is 22.9 Å². The van der Waals surface area contributed by atoms with Crippen molar-refractivity contribution in [2.24, 2.45) is 0 Å². The second-order valence-corrected chi connectivity index (χ2v) is 5.43. The van der Waals surface area contributed by atoms with Crippen LogP contribution in [0, 0.1) is 0 Å². The van der Waals surface area contributed by atoms with Crippen LogP contribution in [0.25, 0.3) is 22.0 Å². The van der Waals surface area contributed by atoms with E-state index >= 15 is 0 Å². The largest absolute Gasteiger partial charge is 0.347 e. The Balaban J connectivity index is 1.83. The van der Waals surface area contributed by atoms with Crippen LogP contribution in [-0.4, -0.2) is 40.3 Å². The van der Waals surface area contributed by atoms with Gasteiger partial charge in [-0.05, 0) is 50.8 Å². The number of aryl methyl sites for hydroxylation is 1. The SMILES string of the molecule is CN(C)CCCn1ccc2cc(-c3cn[nH]c3)ccc21. The average Bonchev–Trinajstić information content (AvgIpc) is 3.07. The third kappa shape index (κ3) is 2.60. The molecule has 0 radical (unpaired) electrons. The maximum Gasteiger partial charge on any atom is 0.0565 e. The predicted molar refractivity (Wildman–Crippen MR) is 82.7 cm³/mol. The smallest absolute Gasteiger partial charge is 0.0565 e.